The Morgan fingerprint density at radius 2 is 1.89 bits per heavy atom. The molecule has 0 saturated carbocycles. The highest BCUT2D eigenvalue weighted by molar-refractivity contribution is 5.54. The molecule has 0 aliphatic rings. The van der Waals surface area contributed by atoms with Gasteiger partial charge in [-0.05, 0) is 42.3 Å². The maximum absolute atomic E-state index is 9.05. The van der Waals surface area contributed by atoms with E-state index in [0.717, 1.165) is 18.6 Å². The fourth-order valence-electron chi connectivity index (χ4n) is 1.86. The van der Waals surface area contributed by atoms with E-state index in [-0.39, 0.29) is 0 Å². The second-order valence-electron chi connectivity index (χ2n) is 4.36. The molecule has 2 rings (SSSR count). The number of nitriles is 1. The van der Waals surface area contributed by atoms with Crippen LogP contribution in [0.5, 0.6) is 11.5 Å². The van der Waals surface area contributed by atoms with E-state index in [1.807, 2.05) is 24.3 Å². The van der Waals surface area contributed by atoms with Crippen LogP contribution in [-0.4, -0.2) is 0 Å². The summed E-state index contributed by atoms with van der Waals surface area (Å²) in [5.74, 6) is 1.25. The van der Waals surface area contributed by atoms with Crippen LogP contribution >= 0.6 is 0 Å². The number of hydrogen-bond donors (Lipinski definition) is 1. The third-order valence-corrected chi connectivity index (χ3v) is 2.81. The molecule has 0 aliphatic carbocycles. The van der Waals surface area contributed by atoms with Crippen molar-refractivity contribution in [3.8, 4) is 17.6 Å². The standard InChI is InChI=1S/C16H16N2O/c1-2-3-12-4-7-15(8-5-12)19-16-9-6-14(18)10-13(16)11-17/h4-10H,2-3,18H2,1H3. The minimum atomic E-state index is 0.442. The maximum Gasteiger partial charge on any atom is 0.145 e. The van der Waals surface area contributed by atoms with E-state index in [2.05, 4.69) is 13.0 Å². The predicted molar refractivity (Wildman–Crippen MR) is 76.1 cm³/mol. The van der Waals surface area contributed by atoms with Crippen LogP contribution in [0.1, 0.15) is 24.5 Å². The van der Waals surface area contributed by atoms with Gasteiger partial charge >= 0.3 is 0 Å². The lowest BCUT2D eigenvalue weighted by molar-refractivity contribution is 0.481. The zero-order chi connectivity index (χ0) is 13.7. The molecule has 0 fully saturated rings. The van der Waals surface area contributed by atoms with Crippen molar-refractivity contribution in [1.82, 2.24) is 0 Å². The number of ether oxygens (including phenoxy) is 1. The zero-order valence-electron chi connectivity index (χ0n) is 10.9. The molecule has 19 heavy (non-hydrogen) atoms. The number of rotatable bonds is 4. The molecular weight excluding hydrogens is 236 g/mol. The van der Waals surface area contributed by atoms with Crippen molar-refractivity contribution in [3.05, 3.63) is 53.6 Å². The number of nitrogens with two attached hydrogens (primary N) is 1. The average molecular weight is 252 g/mol. The lowest BCUT2D eigenvalue weighted by Gasteiger charge is -2.08. The Bertz CT molecular complexity index is 597. The molecule has 2 N–H and O–H groups in total. The van der Waals surface area contributed by atoms with Gasteiger partial charge in [0.2, 0.25) is 0 Å². The van der Waals surface area contributed by atoms with Gasteiger partial charge in [0.05, 0.1) is 5.56 Å². The minimum Gasteiger partial charge on any atom is -0.456 e. The Morgan fingerprint density at radius 1 is 1.16 bits per heavy atom. The topological polar surface area (TPSA) is 59.0 Å². The van der Waals surface area contributed by atoms with E-state index in [0.29, 0.717) is 17.0 Å². The Hall–Kier alpha value is -2.47. The Kier molecular flexibility index (Phi) is 4.04. The van der Waals surface area contributed by atoms with Crippen LogP contribution in [0.3, 0.4) is 0 Å². The first-order chi connectivity index (χ1) is 9.22. The molecule has 0 aliphatic heterocycles. The van der Waals surface area contributed by atoms with Crippen molar-refractivity contribution in [2.24, 2.45) is 0 Å². The van der Waals surface area contributed by atoms with Gasteiger partial charge in [-0.3, -0.25) is 0 Å². The van der Waals surface area contributed by atoms with E-state index in [1.165, 1.54) is 5.56 Å². The van der Waals surface area contributed by atoms with Crippen molar-refractivity contribution >= 4 is 5.69 Å². The number of anilines is 1. The molecule has 0 atom stereocenters. The zero-order valence-corrected chi connectivity index (χ0v) is 10.9. The maximum atomic E-state index is 9.05. The van der Waals surface area contributed by atoms with Crippen LogP contribution in [0.25, 0.3) is 0 Å². The molecule has 2 aromatic carbocycles. The first kappa shape index (κ1) is 13.0. The lowest BCUT2D eigenvalue weighted by atomic mass is 10.1. The minimum absolute atomic E-state index is 0.442. The average Bonchev–Trinajstić information content (AvgIpc) is 2.43. The van der Waals surface area contributed by atoms with Crippen molar-refractivity contribution in [1.29, 1.82) is 5.26 Å². The highest BCUT2D eigenvalue weighted by atomic mass is 16.5. The van der Waals surface area contributed by atoms with Crippen LogP contribution in [-0.2, 0) is 6.42 Å². The van der Waals surface area contributed by atoms with E-state index >= 15 is 0 Å². The van der Waals surface area contributed by atoms with Crippen LogP contribution in [0, 0.1) is 11.3 Å². The van der Waals surface area contributed by atoms with Crippen LogP contribution in [0.4, 0.5) is 5.69 Å². The van der Waals surface area contributed by atoms with Gasteiger partial charge in [-0.1, -0.05) is 25.5 Å². The highest BCUT2D eigenvalue weighted by Gasteiger charge is 2.05. The Morgan fingerprint density at radius 3 is 2.53 bits per heavy atom. The Balaban J connectivity index is 2.19. The summed E-state index contributed by atoms with van der Waals surface area (Å²) >= 11 is 0. The number of aryl methyl sites for hydroxylation is 1. The first-order valence-electron chi connectivity index (χ1n) is 6.29. The van der Waals surface area contributed by atoms with Gasteiger partial charge in [0.15, 0.2) is 0 Å². The quantitative estimate of drug-likeness (QED) is 0.840. The molecule has 0 radical (unpaired) electrons. The van der Waals surface area contributed by atoms with Gasteiger partial charge < -0.3 is 10.5 Å². The monoisotopic (exact) mass is 252 g/mol. The van der Waals surface area contributed by atoms with Gasteiger partial charge in [-0.2, -0.15) is 5.26 Å². The number of nitrogens with zero attached hydrogens (tertiary/aromatic N) is 1. The summed E-state index contributed by atoms with van der Waals surface area (Å²) in [6.45, 7) is 2.15. The van der Waals surface area contributed by atoms with Crippen LogP contribution < -0.4 is 10.5 Å². The highest BCUT2D eigenvalue weighted by Crippen LogP contribution is 2.26. The largest absolute Gasteiger partial charge is 0.456 e. The third kappa shape index (κ3) is 3.26. The van der Waals surface area contributed by atoms with Gasteiger partial charge in [-0.15, -0.1) is 0 Å². The van der Waals surface area contributed by atoms with Gasteiger partial charge in [0.25, 0.3) is 0 Å². The summed E-state index contributed by atoms with van der Waals surface area (Å²) < 4.78 is 5.71. The third-order valence-electron chi connectivity index (χ3n) is 2.81. The number of nitrogen functional groups attached to an aromatic ring is 1. The molecule has 3 nitrogen and oxygen atoms in total. The molecule has 96 valence electrons. The van der Waals surface area contributed by atoms with Gasteiger partial charge in [-0.25, -0.2) is 0 Å². The number of benzene rings is 2. The smallest absolute Gasteiger partial charge is 0.145 e. The summed E-state index contributed by atoms with van der Waals surface area (Å²) in [5, 5.41) is 9.05. The molecule has 2 aromatic rings. The molecule has 0 heterocycles. The lowest BCUT2D eigenvalue weighted by Crippen LogP contribution is -1.91. The summed E-state index contributed by atoms with van der Waals surface area (Å²) in [4.78, 5) is 0. The second-order valence-corrected chi connectivity index (χ2v) is 4.36. The summed E-state index contributed by atoms with van der Waals surface area (Å²) in [6, 6.07) is 15.1. The summed E-state index contributed by atoms with van der Waals surface area (Å²) in [6.07, 6.45) is 2.18. The molecule has 0 unspecified atom stereocenters. The van der Waals surface area contributed by atoms with Crippen LogP contribution in [0.2, 0.25) is 0 Å². The SMILES string of the molecule is CCCc1ccc(Oc2ccc(N)cc2C#N)cc1. The second kappa shape index (κ2) is 5.92. The molecule has 3 heteroatoms. The van der Waals surface area contributed by atoms with E-state index in [4.69, 9.17) is 15.7 Å². The van der Waals surface area contributed by atoms with E-state index < -0.39 is 0 Å². The fourth-order valence-corrected chi connectivity index (χ4v) is 1.86. The van der Waals surface area contributed by atoms with E-state index in [9.17, 15) is 0 Å². The summed E-state index contributed by atoms with van der Waals surface area (Å²) in [5.41, 5.74) is 7.93. The molecule has 0 aromatic heterocycles. The van der Waals surface area contributed by atoms with Crippen molar-refractivity contribution in [2.45, 2.75) is 19.8 Å². The van der Waals surface area contributed by atoms with Gasteiger partial charge in [0, 0.05) is 5.69 Å². The normalized spacial score (nSPS) is 9.89. The number of hydrogen-bond acceptors (Lipinski definition) is 3. The molecule has 0 amide bonds. The first-order valence-corrected chi connectivity index (χ1v) is 6.29. The molecule has 0 saturated heterocycles. The molecular formula is C16H16N2O. The van der Waals surface area contributed by atoms with Crippen molar-refractivity contribution in [2.75, 3.05) is 5.73 Å². The van der Waals surface area contributed by atoms with Crippen molar-refractivity contribution in [3.63, 3.8) is 0 Å². The van der Waals surface area contributed by atoms with Gasteiger partial charge in [0.1, 0.15) is 17.6 Å². The molecule has 0 spiro atoms. The Labute approximate surface area is 113 Å². The molecule has 0 bridgehead atoms. The fraction of sp³-hybridized carbons (Fsp3) is 0.188. The van der Waals surface area contributed by atoms with E-state index in [1.54, 1.807) is 18.2 Å². The van der Waals surface area contributed by atoms with Crippen LogP contribution in [0.15, 0.2) is 42.5 Å². The summed E-state index contributed by atoms with van der Waals surface area (Å²) in [7, 11) is 0. The predicted octanol–water partition coefficient (Wildman–Crippen LogP) is 3.89. The van der Waals surface area contributed by atoms with Crippen molar-refractivity contribution < 1.29 is 4.74 Å².